The molecule has 0 radical (unpaired) electrons. The van der Waals surface area contributed by atoms with Crippen LogP contribution in [-0.4, -0.2) is 70.4 Å². The molecule has 6 rings (SSSR count). The van der Waals surface area contributed by atoms with Crippen molar-refractivity contribution in [2.75, 3.05) is 26.9 Å². The second-order valence-electron chi connectivity index (χ2n) is 13.4. The van der Waals surface area contributed by atoms with Gasteiger partial charge in [-0.15, -0.1) is 0 Å². The van der Waals surface area contributed by atoms with E-state index in [1.165, 1.54) is 23.9 Å². The third-order valence-corrected chi connectivity index (χ3v) is 10.1. The highest BCUT2D eigenvalue weighted by Crippen LogP contribution is 2.45. The van der Waals surface area contributed by atoms with Gasteiger partial charge in [0.1, 0.15) is 29.1 Å². The maximum Gasteiger partial charge on any atom is 0.270 e. The number of aryl methyl sites for hydroxylation is 1. The number of likely N-dealkylation sites (N-methyl/N-ethyl adjacent to an activating group) is 1. The number of amides is 3. The normalized spacial score (nSPS) is 19.9. The number of nitrogens with zero attached hydrogens (tertiary/aromatic N) is 3. The summed E-state index contributed by atoms with van der Waals surface area (Å²) in [5, 5.41) is 13.2. The van der Waals surface area contributed by atoms with Crippen molar-refractivity contribution in [3.63, 3.8) is 0 Å². The minimum atomic E-state index is -1.14. The number of fused-ring (bicyclic) bond motifs is 2. The molecule has 49 heavy (non-hydrogen) atoms. The number of aromatic amines is 1. The van der Waals surface area contributed by atoms with Crippen LogP contribution in [0, 0.1) is 17.7 Å². The summed E-state index contributed by atoms with van der Waals surface area (Å²) in [5.41, 5.74) is 1.78. The van der Waals surface area contributed by atoms with Crippen LogP contribution in [0.25, 0.3) is 11.0 Å². The number of nitrogens with one attached hydrogen (secondary N) is 4. The molecular formula is C36H44FN7O5. The standard InChI is InChI=1S/C36H44FN7O5/c1-6-38-34(46)30(21-8-7-9-21)43-35(47)36(3,19-48-5)22-10-12-25-26(16-22)41-32(40-25)31(42-33(45)27-14-15-39-44(27)4)29-20(2)18-49-28-13-11-23(37)17-24(28)29/h10-17,20-21,29-31H,6-9,18-19H2,1-5H3,(H,38,46)(H,40,41)(H,42,45)(H,43,47)/t20?,29-,30+,31-,36?/m0/s1. The van der Waals surface area contributed by atoms with Crippen molar-refractivity contribution in [2.45, 2.75) is 63.5 Å². The zero-order valence-electron chi connectivity index (χ0n) is 28.5. The SMILES string of the molecule is CCNC(=O)[C@H](NC(=O)C(C)(COC)c1ccc2nc([C@@H](NC(=O)c3ccnn3C)[C@@H]3c4cc(F)ccc4OCC3C)[nH]c2c1)C1CCC1. The highest BCUT2D eigenvalue weighted by atomic mass is 19.1. The number of halogens is 1. The number of ether oxygens (including phenoxy) is 2. The number of imidazole rings is 1. The van der Waals surface area contributed by atoms with E-state index in [0.29, 0.717) is 52.6 Å². The molecule has 2 aromatic heterocycles. The Labute approximate surface area is 284 Å². The van der Waals surface area contributed by atoms with Crippen molar-refractivity contribution in [3.05, 3.63) is 77.1 Å². The first-order valence-electron chi connectivity index (χ1n) is 16.8. The first kappa shape index (κ1) is 34.1. The van der Waals surface area contributed by atoms with Crippen molar-refractivity contribution in [3.8, 4) is 5.75 Å². The Morgan fingerprint density at radius 3 is 2.63 bits per heavy atom. The van der Waals surface area contributed by atoms with Crippen molar-refractivity contribution < 1.29 is 28.2 Å². The number of carbonyl (C=O) groups is 3. The fourth-order valence-corrected chi connectivity index (χ4v) is 7.03. The van der Waals surface area contributed by atoms with Crippen LogP contribution in [0.5, 0.6) is 5.75 Å². The summed E-state index contributed by atoms with van der Waals surface area (Å²) in [7, 11) is 3.23. The van der Waals surface area contributed by atoms with Gasteiger partial charge in [0, 0.05) is 38.4 Å². The third-order valence-electron chi connectivity index (χ3n) is 10.1. The second-order valence-corrected chi connectivity index (χ2v) is 13.4. The van der Waals surface area contributed by atoms with Crippen LogP contribution >= 0.6 is 0 Å². The highest BCUT2D eigenvalue weighted by Gasteiger charge is 2.42. The summed E-state index contributed by atoms with van der Waals surface area (Å²) >= 11 is 0. The largest absolute Gasteiger partial charge is 0.493 e. The Bertz CT molecular complexity index is 1850. The summed E-state index contributed by atoms with van der Waals surface area (Å²) in [6.45, 7) is 6.57. The lowest BCUT2D eigenvalue weighted by molar-refractivity contribution is -0.135. The molecule has 1 aliphatic heterocycles. The van der Waals surface area contributed by atoms with Crippen LogP contribution in [0.2, 0.25) is 0 Å². The topological polar surface area (TPSA) is 152 Å². The van der Waals surface area contributed by atoms with E-state index in [-0.39, 0.29) is 42.1 Å². The summed E-state index contributed by atoms with van der Waals surface area (Å²) in [6.07, 6.45) is 4.34. The van der Waals surface area contributed by atoms with Gasteiger partial charge < -0.3 is 30.4 Å². The fraction of sp³-hybridized carbons (Fsp3) is 0.472. The Hall–Kier alpha value is -4.78. The lowest BCUT2D eigenvalue weighted by Gasteiger charge is -2.36. The van der Waals surface area contributed by atoms with Gasteiger partial charge in [-0.3, -0.25) is 19.1 Å². The zero-order chi connectivity index (χ0) is 34.9. The maximum absolute atomic E-state index is 14.6. The molecule has 3 amide bonds. The molecule has 1 aliphatic carbocycles. The number of aromatic nitrogens is 4. The predicted octanol–water partition coefficient (Wildman–Crippen LogP) is 4.04. The molecule has 4 N–H and O–H groups in total. The van der Waals surface area contributed by atoms with Crippen LogP contribution < -0.4 is 20.7 Å². The van der Waals surface area contributed by atoms with Gasteiger partial charge in [-0.1, -0.05) is 19.4 Å². The molecule has 13 heteroatoms. The molecule has 1 saturated carbocycles. The van der Waals surface area contributed by atoms with Gasteiger partial charge in [-0.25, -0.2) is 9.37 Å². The predicted molar refractivity (Wildman–Crippen MR) is 180 cm³/mol. The quantitative estimate of drug-likeness (QED) is 0.177. The lowest BCUT2D eigenvalue weighted by Crippen LogP contribution is -2.57. The number of methoxy groups -OCH3 is 1. The van der Waals surface area contributed by atoms with Crippen LogP contribution in [0.4, 0.5) is 4.39 Å². The minimum absolute atomic E-state index is 0.0729. The smallest absolute Gasteiger partial charge is 0.270 e. The molecule has 5 atom stereocenters. The first-order chi connectivity index (χ1) is 23.5. The average molecular weight is 674 g/mol. The third kappa shape index (κ3) is 6.63. The van der Waals surface area contributed by atoms with Gasteiger partial charge in [-0.05, 0) is 80.5 Å². The van der Waals surface area contributed by atoms with Crippen LogP contribution in [0.3, 0.4) is 0 Å². The van der Waals surface area contributed by atoms with E-state index < -0.39 is 23.3 Å². The molecule has 0 spiro atoms. The van der Waals surface area contributed by atoms with E-state index in [1.54, 1.807) is 32.3 Å². The number of H-pyrrole nitrogens is 1. The Balaban J connectivity index is 1.37. The number of benzene rings is 2. The summed E-state index contributed by atoms with van der Waals surface area (Å²) in [4.78, 5) is 48.9. The molecule has 3 heterocycles. The van der Waals surface area contributed by atoms with Gasteiger partial charge >= 0.3 is 0 Å². The zero-order valence-corrected chi connectivity index (χ0v) is 28.5. The van der Waals surface area contributed by atoms with E-state index in [9.17, 15) is 18.8 Å². The summed E-state index contributed by atoms with van der Waals surface area (Å²) in [5.74, 6) is -0.659. The maximum atomic E-state index is 14.6. The monoisotopic (exact) mass is 673 g/mol. The van der Waals surface area contributed by atoms with Gasteiger partial charge in [0.15, 0.2) is 0 Å². The van der Waals surface area contributed by atoms with Gasteiger partial charge in [0.2, 0.25) is 11.8 Å². The molecule has 0 saturated heterocycles. The van der Waals surface area contributed by atoms with Crippen LogP contribution in [-0.2, 0) is 26.8 Å². The van der Waals surface area contributed by atoms with Gasteiger partial charge in [-0.2, -0.15) is 5.10 Å². The van der Waals surface area contributed by atoms with E-state index in [2.05, 4.69) is 26.0 Å². The summed E-state index contributed by atoms with van der Waals surface area (Å²) in [6, 6.07) is 10.2. The van der Waals surface area contributed by atoms with E-state index in [1.807, 2.05) is 32.0 Å². The molecular weight excluding hydrogens is 629 g/mol. The summed E-state index contributed by atoms with van der Waals surface area (Å²) < 4.78 is 27.6. The van der Waals surface area contributed by atoms with Crippen molar-refractivity contribution in [1.82, 2.24) is 35.7 Å². The Kier molecular flexibility index (Phi) is 9.73. The second kappa shape index (κ2) is 14.0. The molecule has 12 nitrogen and oxygen atoms in total. The molecule has 4 aromatic rings. The molecule has 2 unspecified atom stereocenters. The van der Waals surface area contributed by atoms with E-state index in [0.717, 1.165) is 19.3 Å². The number of hydrogen-bond donors (Lipinski definition) is 4. The van der Waals surface area contributed by atoms with E-state index in [4.69, 9.17) is 14.5 Å². The Morgan fingerprint density at radius 2 is 1.96 bits per heavy atom. The highest BCUT2D eigenvalue weighted by molar-refractivity contribution is 5.94. The molecule has 1 fully saturated rings. The van der Waals surface area contributed by atoms with Crippen LogP contribution in [0.15, 0.2) is 48.7 Å². The van der Waals surface area contributed by atoms with Crippen molar-refractivity contribution >= 4 is 28.8 Å². The average Bonchev–Trinajstić information content (AvgIpc) is 3.68. The Morgan fingerprint density at radius 1 is 1.16 bits per heavy atom. The molecule has 2 aliphatic rings. The lowest BCUT2D eigenvalue weighted by atomic mass is 9.77. The van der Waals surface area contributed by atoms with Crippen molar-refractivity contribution in [1.29, 1.82) is 0 Å². The van der Waals surface area contributed by atoms with Gasteiger partial charge in [0.25, 0.3) is 5.91 Å². The number of rotatable bonds is 12. The number of hydrogen-bond acceptors (Lipinski definition) is 7. The van der Waals surface area contributed by atoms with Crippen LogP contribution in [0.1, 0.15) is 79.4 Å². The van der Waals surface area contributed by atoms with Gasteiger partial charge in [0.05, 0.1) is 35.7 Å². The van der Waals surface area contributed by atoms with E-state index >= 15 is 0 Å². The molecule has 2 aromatic carbocycles. The minimum Gasteiger partial charge on any atom is -0.493 e. The first-order valence-corrected chi connectivity index (χ1v) is 16.8. The van der Waals surface area contributed by atoms with Crippen molar-refractivity contribution in [2.24, 2.45) is 18.9 Å². The molecule has 0 bridgehead atoms. The molecule has 260 valence electrons. The number of carbonyl (C=O) groups excluding carboxylic acids is 3. The fourth-order valence-electron chi connectivity index (χ4n) is 7.03.